The Bertz CT molecular complexity index is 132. The van der Waals surface area contributed by atoms with Crippen LogP contribution in [0.5, 0.6) is 0 Å². The Morgan fingerprint density at radius 2 is 1.69 bits per heavy atom. The van der Waals surface area contributed by atoms with Gasteiger partial charge in [0.1, 0.15) is 5.78 Å². The third-order valence-electron chi connectivity index (χ3n) is 2.02. The highest BCUT2D eigenvalue weighted by molar-refractivity contribution is 5.81. The SMILES string of the molecule is CC.CCN(C)C(C(C)=O)C(C)C. The Balaban J connectivity index is 0. The van der Waals surface area contributed by atoms with E-state index in [-0.39, 0.29) is 11.8 Å². The van der Waals surface area contributed by atoms with Gasteiger partial charge in [0.25, 0.3) is 0 Å². The van der Waals surface area contributed by atoms with Crippen LogP contribution >= 0.6 is 0 Å². The van der Waals surface area contributed by atoms with Gasteiger partial charge in [-0.05, 0) is 26.4 Å². The fourth-order valence-corrected chi connectivity index (χ4v) is 1.49. The summed E-state index contributed by atoms with van der Waals surface area (Å²) in [7, 11) is 1.99. The fraction of sp³-hybridized carbons (Fsp3) is 0.909. The molecule has 0 aromatic heterocycles. The number of hydrogen-bond donors (Lipinski definition) is 0. The monoisotopic (exact) mass is 187 g/mol. The molecule has 0 aromatic rings. The molecule has 1 atom stereocenters. The summed E-state index contributed by atoms with van der Waals surface area (Å²) in [6.07, 6.45) is 0. The summed E-state index contributed by atoms with van der Waals surface area (Å²) in [5.74, 6) is 0.682. The maximum absolute atomic E-state index is 11.1. The van der Waals surface area contributed by atoms with E-state index in [0.29, 0.717) is 5.92 Å². The van der Waals surface area contributed by atoms with Gasteiger partial charge in [0, 0.05) is 0 Å². The molecule has 2 nitrogen and oxygen atoms in total. The van der Waals surface area contributed by atoms with Gasteiger partial charge in [0.15, 0.2) is 0 Å². The minimum atomic E-state index is 0.0972. The van der Waals surface area contributed by atoms with E-state index in [9.17, 15) is 4.79 Å². The topological polar surface area (TPSA) is 20.3 Å². The first-order valence-electron chi connectivity index (χ1n) is 5.21. The summed E-state index contributed by atoms with van der Waals surface area (Å²) in [5, 5.41) is 0. The lowest BCUT2D eigenvalue weighted by Crippen LogP contribution is -2.41. The van der Waals surface area contributed by atoms with Crippen LogP contribution in [0, 0.1) is 5.92 Å². The fourth-order valence-electron chi connectivity index (χ4n) is 1.49. The molecule has 0 aromatic carbocycles. The molecule has 0 fully saturated rings. The van der Waals surface area contributed by atoms with Crippen molar-refractivity contribution in [3.63, 3.8) is 0 Å². The van der Waals surface area contributed by atoms with E-state index in [1.165, 1.54) is 0 Å². The van der Waals surface area contributed by atoms with Crippen molar-refractivity contribution in [1.29, 1.82) is 0 Å². The molecule has 0 radical (unpaired) electrons. The van der Waals surface area contributed by atoms with Crippen molar-refractivity contribution in [2.24, 2.45) is 5.92 Å². The van der Waals surface area contributed by atoms with E-state index in [0.717, 1.165) is 6.54 Å². The molecule has 0 rings (SSSR count). The quantitative estimate of drug-likeness (QED) is 0.674. The first kappa shape index (κ1) is 15.1. The van der Waals surface area contributed by atoms with Gasteiger partial charge in [0.05, 0.1) is 6.04 Å². The lowest BCUT2D eigenvalue weighted by Gasteiger charge is -2.27. The molecule has 0 bridgehead atoms. The molecule has 2 heteroatoms. The smallest absolute Gasteiger partial charge is 0.147 e. The summed E-state index contributed by atoms with van der Waals surface area (Å²) in [5.41, 5.74) is 0. The molecule has 0 amide bonds. The van der Waals surface area contributed by atoms with Crippen molar-refractivity contribution in [3.05, 3.63) is 0 Å². The summed E-state index contributed by atoms with van der Waals surface area (Å²) in [6.45, 7) is 12.8. The minimum absolute atomic E-state index is 0.0972. The molecule has 13 heavy (non-hydrogen) atoms. The molecule has 0 aliphatic rings. The highest BCUT2D eigenvalue weighted by Crippen LogP contribution is 2.09. The number of carbonyl (C=O) groups is 1. The average molecular weight is 187 g/mol. The highest BCUT2D eigenvalue weighted by Gasteiger charge is 2.21. The van der Waals surface area contributed by atoms with Crippen LogP contribution in [-0.2, 0) is 4.79 Å². The van der Waals surface area contributed by atoms with Crippen LogP contribution in [0.3, 0.4) is 0 Å². The van der Waals surface area contributed by atoms with Gasteiger partial charge in [-0.15, -0.1) is 0 Å². The minimum Gasteiger partial charge on any atom is -0.298 e. The molecule has 0 saturated heterocycles. The standard InChI is InChI=1S/C9H19NO.C2H6/c1-6-10(5)9(7(2)3)8(4)11;1-2/h7,9H,6H2,1-5H3;1-2H3. The van der Waals surface area contributed by atoms with Crippen LogP contribution < -0.4 is 0 Å². The van der Waals surface area contributed by atoms with E-state index in [2.05, 4.69) is 25.7 Å². The zero-order valence-electron chi connectivity index (χ0n) is 10.2. The zero-order valence-corrected chi connectivity index (χ0v) is 10.2. The first-order chi connectivity index (χ1) is 6.00. The predicted octanol–water partition coefficient (Wildman–Crippen LogP) is 2.58. The van der Waals surface area contributed by atoms with Crippen LogP contribution in [0.1, 0.15) is 41.5 Å². The number of hydrogen-bond acceptors (Lipinski definition) is 2. The maximum atomic E-state index is 11.1. The molecule has 0 heterocycles. The third-order valence-corrected chi connectivity index (χ3v) is 2.02. The Kier molecular flexibility index (Phi) is 9.58. The summed E-state index contributed by atoms with van der Waals surface area (Å²) < 4.78 is 0. The van der Waals surface area contributed by atoms with Crippen molar-refractivity contribution in [2.45, 2.75) is 47.6 Å². The largest absolute Gasteiger partial charge is 0.298 e. The number of Topliss-reactive ketones (excluding diaryl/α,β-unsaturated/α-hetero) is 1. The van der Waals surface area contributed by atoms with Crippen LogP contribution in [0.15, 0.2) is 0 Å². The van der Waals surface area contributed by atoms with Gasteiger partial charge in [0.2, 0.25) is 0 Å². The Hall–Kier alpha value is -0.370. The third kappa shape index (κ3) is 5.81. The van der Waals surface area contributed by atoms with Crippen molar-refractivity contribution < 1.29 is 4.79 Å². The molecule has 80 valence electrons. The van der Waals surface area contributed by atoms with Gasteiger partial charge in [-0.3, -0.25) is 9.69 Å². The molecule has 0 aliphatic carbocycles. The van der Waals surface area contributed by atoms with Crippen LogP contribution in [0.4, 0.5) is 0 Å². The van der Waals surface area contributed by atoms with Crippen LogP contribution in [0.2, 0.25) is 0 Å². The maximum Gasteiger partial charge on any atom is 0.147 e. The lowest BCUT2D eigenvalue weighted by molar-refractivity contribution is -0.123. The summed E-state index contributed by atoms with van der Waals surface area (Å²) in [4.78, 5) is 13.2. The van der Waals surface area contributed by atoms with Gasteiger partial charge in [-0.2, -0.15) is 0 Å². The highest BCUT2D eigenvalue weighted by atomic mass is 16.1. The van der Waals surface area contributed by atoms with Crippen molar-refractivity contribution in [3.8, 4) is 0 Å². The Morgan fingerprint density at radius 1 is 1.31 bits per heavy atom. The van der Waals surface area contributed by atoms with E-state index in [1.54, 1.807) is 6.92 Å². The van der Waals surface area contributed by atoms with Gasteiger partial charge < -0.3 is 0 Å². The average Bonchev–Trinajstić information content (AvgIpc) is 2.06. The zero-order chi connectivity index (χ0) is 11.0. The second kappa shape index (κ2) is 8.24. The molecule has 0 spiro atoms. The number of ketones is 1. The molecular weight excluding hydrogens is 162 g/mol. The predicted molar refractivity (Wildman–Crippen MR) is 59.0 cm³/mol. The number of nitrogens with zero attached hydrogens (tertiary/aromatic N) is 1. The molecule has 1 unspecified atom stereocenters. The van der Waals surface area contributed by atoms with Crippen molar-refractivity contribution in [2.75, 3.05) is 13.6 Å². The van der Waals surface area contributed by atoms with Gasteiger partial charge >= 0.3 is 0 Å². The Morgan fingerprint density at radius 3 is 1.77 bits per heavy atom. The van der Waals surface area contributed by atoms with Crippen molar-refractivity contribution >= 4 is 5.78 Å². The summed E-state index contributed by atoms with van der Waals surface area (Å²) >= 11 is 0. The number of likely N-dealkylation sites (N-methyl/N-ethyl adjacent to an activating group) is 1. The van der Waals surface area contributed by atoms with Gasteiger partial charge in [-0.1, -0.05) is 34.6 Å². The van der Waals surface area contributed by atoms with Crippen LogP contribution in [-0.4, -0.2) is 30.3 Å². The van der Waals surface area contributed by atoms with Gasteiger partial charge in [-0.25, -0.2) is 0 Å². The van der Waals surface area contributed by atoms with E-state index in [4.69, 9.17) is 0 Å². The van der Waals surface area contributed by atoms with E-state index >= 15 is 0 Å². The van der Waals surface area contributed by atoms with Crippen LogP contribution in [0.25, 0.3) is 0 Å². The number of rotatable bonds is 4. The first-order valence-corrected chi connectivity index (χ1v) is 5.21. The molecule has 0 aliphatic heterocycles. The number of carbonyl (C=O) groups excluding carboxylic acids is 1. The molecule has 0 saturated carbocycles. The normalized spacial score (nSPS) is 12.4. The molecular formula is C11H25NO. The second-order valence-electron chi connectivity index (χ2n) is 3.37. The second-order valence-corrected chi connectivity index (χ2v) is 3.37. The van der Waals surface area contributed by atoms with E-state index in [1.807, 2.05) is 20.9 Å². The molecule has 0 N–H and O–H groups in total. The van der Waals surface area contributed by atoms with Crippen molar-refractivity contribution in [1.82, 2.24) is 4.90 Å². The Labute approximate surface area is 83.3 Å². The van der Waals surface area contributed by atoms with E-state index < -0.39 is 0 Å². The lowest BCUT2D eigenvalue weighted by atomic mass is 9.99. The summed E-state index contributed by atoms with van der Waals surface area (Å²) in [6, 6.07) is 0.0972.